The van der Waals surface area contributed by atoms with Gasteiger partial charge in [-0.1, -0.05) is 87.4 Å². The Morgan fingerprint density at radius 1 is 0.913 bits per heavy atom. The number of unbranched alkanes of at least 4 members (excludes halogenated alkanes) is 1. The zero-order valence-corrected chi connectivity index (χ0v) is 14.2. The molecule has 2 aromatic carbocycles. The summed E-state index contributed by atoms with van der Waals surface area (Å²) in [4.78, 5) is 12.7. The quantitative estimate of drug-likeness (QED) is 0.721. The highest BCUT2D eigenvalue weighted by molar-refractivity contribution is 5.79. The molecule has 0 fully saturated rings. The Labute approximate surface area is 139 Å². The van der Waals surface area contributed by atoms with Crippen LogP contribution in [0.3, 0.4) is 0 Å². The maximum atomic E-state index is 12.7. The molecular weight excluding hydrogens is 282 g/mol. The van der Waals surface area contributed by atoms with Gasteiger partial charge in [0.05, 0.1) is 6.04 Å². The standard InChI is InChI=1S/C21H27NO/c1-3-5-12-17(4-2)21(23)22-20(18-13-8-6-9-14-18)19-15-10-7-11-16-19/h6-11,13-17,20H,3-5,12H2,1-2H3,(H,22,23)/t17-/m0/s1. The maximum absolute atomic E-state index is 12.7. The van der Waals surface area contributed by atoms with Crippen molar-refractivity contribution in [2.45, 2.75) is 45.6 Å². The average Bonchev–Trinajstić information content (AvgIpc) is 2.62. The number of carbonyl (C=O) groups is 1. The van der Waals surface area contributed by atoms with E-state index in [1.807, 2.05) is 36.4 Å². The summed E-state index contributed by atoms with van der Waals surface area (Å²) in [6.07, 6.45) is 4.09. The largest absolute Gasteiger partial charge is 0.345 e. The highest BCUT2D eigenvalue weighted by atomic mass is 16.1. The van der Waals surface area contributed by atoms with Crippen LogP contribution in [0.4, 0.5) is 0 Å². The molecule has 0 aliphatic carbocycles. The van der Waals surface area contributed by atoms with Gasteiger partial charge in [-0.25, -0.2) is 0 Å². The van der Waals surface area contributed by atoms with Crippen LogP contribution in [0.25, 0.3) is 0 Å². The lowest BCUT2D eigenvalue weighted by atomic mass is 9.95. The van der Waals surface area contributed by atoms with Crippen molar-refractivity contribution < 1.29 is 4.79 Å². The molecule has 122 valence electrons. The van der Waals surface area contributed by atoms with Gasteiger partial charge >= 0.3 is 0 Å². The number of rotatable bonds is 8. The van der Waals surface area contributed by atoms with Gasteiger partial charge in [0.2, 0.25) is 5.91 Å². The molecule has 2 rings (SSSR count). The van der Waals surface area contributed by atoms with Gasteiger partial charge in [-0.05, 0) is 24.0 Å². The van der Waals surface area contributed by atoms with Crippen molar-refractivity contribution in [3.63, 3.8) is 0 Å². The van der Waals surface area contributed by atoms with Crippen molar-refractivity contribution in [2.75, 3.05) is 0 Å². The third kappa shape index (κ3) is 4.95. The Morgan fingerprint density at radius 3 is 1.87 bits per heavy atom. The molecule has 0 saturated carbocycles. The van der Waals surface area contributed by atoms with Gasteiger partial charge in [-0.3, -0.25) is 4.79 Å². The molecule has 1 N–H and O–H groups in total. The molecule has 1 atom stereocenters. The van der Waals surface area contributed by atoms with Gasteiger partial charge in [0.15, 0.2) is 0 Å². The summed E-state index contributed by atoms with van der Waals surface area (Å²) in [7, 11) is 0. The summed E-state index contributed by atoms with van der Waals surface area (Å²) in [5.41, 5.74) is 2.25. The highest BCUT2D eigenvalue weighted by Crippen LogP contribution is 2.23. The van der Waals surface area contributed by atoms with Crippen LogP contribution in [0.2, 0.25) is 0 Å². The first-order valence-corrected chi connectivity index (χ1v) is 8.66. The second-order valence-electron chi connectivity index (χ2n) is 6.01. The molecule has 0 heterocycles. The molecule has 2 nitrogen and oxygen atoms in total. The maximum Gasteiger partial charge on any atom is 0.223 e. The molecule has 0 bridgehead atoms. The summed E-state index contributed by atoms with van der Waals surface area (Å²) >= 11 is 0. The van der Waals surface area contributed by atoms with Crippen LogP contribution in [0.5, 0.6) is 0 Å². The topological polar surface area (TPSA) is 29.1 Å². The minimum Gasteiger partial charge on any atom is -0.345 e. The molecule has 23 heavy (non-hydrogen) atoms. The van der Waals surface area contributed by atoms with Crippen molar-refractivity contribution >= 4 is 5.91 Å². The Balaban J connectivity index is 2.20. The number of carbonyl (C=O) groups excluding carboxylic acids is 1. The van der Waals surface area contributed by atoms with Gasteiger partial charge in [0.25, 0.3) is 0 Å². The molecule has 0 radical (unpaired) electrons. The number of nitrogens with one attached hydrogen (secondary N) is 1. The molecule has 0 aliphatic rings. The normalized spacial score (nSPS) is 12.1. The van der Waals surface area contributed by atoms with E-state index >= 15 is 0 Å². The zero-order valence-electron chi connectivity index (χ0n) is 14.2. The first-order valence-electron chi connectivity index (χ1n) is 8.66. The van der Waals surface area contributed by atoms with Crippen LogP contribution in [0.15, 0.2) is 60.7 Å². The van der Waals surface area contributed by atoms with Crippen LogP contribution in [-0.2, 0) is 4.79 Å². The fourth-order valence-corrected chi connectivity index (χ4v) is 2.88. The second kappa shape index (κ2) is 9.14. The summed E-state index contributed by atoms with van der Waals surface area (Å²) in [6.45, 7) is 4.27. The predicted octanol–water partition coefficient (Wildman–Crippen LogP) is 5.11. The van der Waals surface area contributed by atoms with Crippen LogP contribution < -0.4 is 5.32 Å². The third-order valence-electron chi connectivity index (χ3n) is 4.32. The Morgan fingerprint density at radius 2 is 1.43 bits per heavy atom. The summed E-state index contributed by atoms with van der Waals surface area (Å²) in [5.74, 6) is 0.267. The van der Waals surface area contributed by atoms with Gasteiger partial charge in [0, 0.05) is 5.92 Å². The van der Waals surface area contributed by atoms with Crippen molar-refractivity contribution in [3.8, 4) is 0 Å². The van der Waals surface area contributed by atoms with Crippen molar-refractivity contribution in [1.82, 2.24) is 5.32 Å². The fourth-order valence-electron chi connectivity index (χ4n) is 2.88. The van der Waals surface area contributed by atoms with Crippen LogP contribution in [0.1, 0.15) is 56.7 Å². The van der Waals surface area contributed by atoms with Crippen molar-refractivity contribution in [2.24, 2.45) is 5.92 Å². The van der Waals surface area contributed by atoms with Crippen LogP contribution in [0, 0.1) is 5.92 Å². The molecule has 2 aromatic rings. The molecule has 0 aliphatic heterocycles. The number of hydrogen-bond acceptors (Lipinski definition) is 1. The predicted molar refractivity (Wildman–Crippen MR) is 96.2 cm³/mol. The minimum atomic E-state index is -0.0828. The number of hydrogen-bond donors (Lipinski definition) is 1. The fraction of sp³-hybridized carbons (Fsp3) is 0.381. The highest BCUT2D eigenvalue weighted by Gasteiger charge is 2.21. The summed E-state index contributed by atoms with van der Waals surface area (Å²) < 4.78 is 0. The van der Waals surface area contributed by atoms with E-state index in [1.165, 1.54) is 0 Å². The van der Waals surface area contributed by atoms with E-state index in [-0.39, 0.29) is 17.9 Å². The molecule has 0 saturated heterocycles. The third-order valence-corrected chi connectivity index (χ3v) is 4.32. The van der Waals surface area contributed by atoms with E-state index < -0.39 is 0 Å². The number of amides is 1. The van der Waals surface area contributed by atoms with Crippen LogP contribution in [-0.4, -0.2) is 5.91 Å². The molecule has 0 aromatic heterocycles. The minimum absolute atomic E-state index is 0.0828. The van der Waals surface area contributed by atoms with Crippen LogP contribution >= 0.6 is 0 Å². The molecule has 1 amide bonds. The van der Waals surface area contributed by atoms with E-state index in [9.17, 15) is 4.79 Å². The van der Waals surface area contributed by atoms with E-state index in [0.717, 1.165) is 36.8 Å². The van der Waals surface area contributed by atoms with E-state index in [4.69, 9.17) is 0 Å². The van der Waals surface area contributed by atoms with Crippen molar-refractivity contribution in [1.29, 1.82) is 0 Å². The van der Waals surface area contributed by atoms with Gasteiger partial charge < -0.3 is 5.32 Å². The molecular formula is C21H27NO. The lowest BCUT2D eigenvalue weighted by Gasteiger charge is -2.23. The lowest BCUT2D eigenvalue weighted by Crippen LogP contribution is -2.34. The van der Waals surface area contributed by atoms with E-state index in [1.54, 1.807) is 0 Å². The average molecular weight is 309 g/mol. The first-order chi connectivity index (χ1) is 11.3. The monoisotopic (exact) mass is 309 g/mol. The molecule has 0 spiro atoms. The van der Waals surface area contributed by atoms with Gasteiger partial charge in [-0.2, -0.15) is 0 Å². The summed E-state index contributed by atoms with van der Waals surface area (Å²) in [6, 6.07) is 20.3. The van der Waals surface area contributed by atoms with E-state index in [2.05, 4.69) is 43.4 Å². The smallest absolute Gasteiger partial charge is 0.223 e. The Hall–Kier alpha value is -2.09. The van der Waals surface area contributed by atoms with Gasteiger partial charge in [-0.15, -0.1) is 0 Å². The summed E-state index contributed by atoms with van der Waals surface area (Å²) in [5, 5.41) is 3.27. The van der Waals surface area contributed by atoms with E-state index in [0.29, 0.717) is 0 Å². The lowest BCUT2D eigenvalue weighted by molar-refractivity contribution is -0.125. The second-order valence-corrected chi connectivity index (χ2v) is 6.01. The number of benzene rings is 2. The zero-order chi connectivity index (χ0) is 16.5. The molecule has 0 unspecified atom stereocenters. The Bertz CT molecular complexity index is 540. The van der Waals surface area contributed by atoms with Crippen molar-refractivity contribution in [3.05, 3.63) is 71.8 Å². The van der Waals surface area contributed by atoms with Gasteiger partial charge in [0.1, 0.15) is 0 Å². The molecule has 2 heteroatoms. The first kappa shape index (κ1) is 17.3. The Kier molecular flexibility index (Phi) is 6.86. The SMILES string of the molecule is CCCC[C@H](CC)C(=O)NC(c1ccccc1)c1ccccc1.